The zero-order valence-electron chi connectivity index (χ0n) is 20.5. The third-order valence-corrected chi connectivity index (χ3v) is 8.17. The first kappa shape index (κ1) is 30.3. The van der Waals surface area contributed by atoms with Gasteiger partial charge in [-0.3, -0.25) is 19.4 Å². The Labute approximate surface area is 243 Å². The number of unbranched alkanes of at least 4 members (excludes halogenated alkanes) is 2. The molecule has 0 saturated carbocycles. The van der Waals surface area contributed by atoms with Crippen molar-refractivity contribution in [2.24, 2.45) is 10.9 Å². The van der Waals surface area contributed by atoms with E-state index in [4.69, 9.17) is 0 Å². The minimum absolute atomic E-state index is 0. The predicted octanol–water partition coefficient (Wildman–Crippen LogP) is 4.77. The molecule has 2 N–H and O–H groups in total. The van der Waals surface area contributed by atoms with Crippen LogP contribution in [0.1, 0.15) is 70.3 Å². The fraction of sp³-hybridized carbons (Fsp3) is 0.593. The van der Waals surface area contributed by atoms with Crippen LogP contribution in [-0.4, -0.2) is 46.9 Å². The maximum absolute atomic E-state index is 12.8. The number of nitrogens with one attached hydrogen (secondary N) is 2. The molecule has 1 aromatic carbocycles. The molecule has 8 heteroatoms. The first-order valence-electron chi connectivity index (χ1n) is 12.7. The summed E-state index contributed by atoms with van der Waals surface area (Å²) in [5.74, 6) is 1.52. The number of thioether (sulfide) groups is 1. The van der Waals surface area contributed by atoms with E-state index in [1.165, 1.54) is 11.8 Å². The van der Waals surface area contributed by atoms with E-state index in [2.05, 4.69) is 29.5 Å². The normalized spacial score (nSPS) is 21.9. The molecule has 198 valence electrons. The summed E-state index contributed by atoms with van der Waals surface area (Å²) in [6, 6.07) is 7.56. The first-order valence-corrected chi connectivity index (χ1v) is 13.7. The smallest absolute Gasteiger partial charge is 0.352 e. The number of rotatable bonds is 14. The fourth-order valence-corrected chi connectivity index (χ4v) is 6.29. The Morgan fingerprint density at radius 1 is 1.26 bits per heavy atom. The molecular formula is C27H38LuN3O3S+2. The van der Waals surface area contributed by atoms with Crippen LogP contribution in [0.2, 0.25) is 0 Å². The van der Waals surface area contributed by atoms with Gasteiger partial charge in [0, 0.05) is 29.8 Å². The van der Waals surface area contributed by atoms with E-state index < -0.39 is 6.04 Å². The van der Waals surface area contributed by atoms with Gasteiger partial charge in [0.2, 0.25) is 11.8 Å². The van der Waals surface area contributed by atoms with E-state index in [1.807, 2.05) is 36.0 Å². The van der Waals surface area contributed by atoms with Crippen LogP contribution < -0.4 is 10.6 Å². The number of hydrogen-bond donors (Lipinski definition) is 2. The number of aliphatic imine (C=N–C) groups is 1. The zero-order chi connectivity index (χ0) is 24.3. The van der Waals surface area contributed by atoms with Gasteiger partial charge in [0.1, 0.15) is 6.04 Å². The van der Waals surface area contributed by atoms with Crippen molar-refractivity contribution >= 4 is 41.3 Å². The molecular weight excluding hydrogens is 621 g/mol. The summed E-state index contributed by atoms with van der Waals surface area (Å²) in [6.45, 7) is 5.94. The van der Waals surface area contributed by atoms with Crippen LogP contribution in [0.25, 0.3) is 0 Å². The molecule has 0 aromatic heterocycles. The number of anilines is 1. The van der Waals surface area contributed by atoms with Crippen LogP contribution in [-0.2, 0) is 20.8 Å². The van der Waals surface area contributed by atoms with Crippen molar-refractivity contribution in [1.82, 2.24) is 5.32 Å². The van der Waals surface area contributed by atoms with Crippen molar-refractivity contribution in [3.63, 3.8) is 0 Å². The number of fused-ring (bicyclic) bond motifs is 1. The molecule has 0 spiro atoms. The van der Waals surface area contributed by atoms with Gasteiger partial charge in [-0.25, -0.2) is 0 Å². The molecule has 2 saturated heterocycles. The van der Waals surface area contributed by atoms with Crippen molar-refractivity contribution < 1.29 is 51.3 Å². The van der Waals surface area contributed by atoms with Crippen LogP contribution in [0.3, 0.4) is 0 Å². The minimum Gasteiger partial charge on any atom is -0.352 e. The van der Waals surface area contributed by atoms with E-state index in [0.29, 0.717) is 36.5 Å². The van der Waals surface area contributed by atoms with Crippen LogP contribution >= 0.6 is 11.8 Å². The van der Waals surface area contributed by atoms with E-state index in [1.54, 1.807) is 0 Å². The maximum atomic E-state index is 12.8. The van der Waals surface area contributed by atoms with Gasteiger partial charge in [0.15, 0.2) is 5.78 Å². The summed E-state index contributed by atoms with van der Waals surface area (Å²) in [4.78, 5) is 41.1. The molecule has 2 fully saturated rings. The van der Waals surface area contributed by atoms with Crippen molar-refractivity contribution in [1.29, 1.82) is 0 Å². The van der Waals surface area contributed by atoms with Crippen molar-refractivity contribution in [3.05, 3.63) is 36.8 Å². The van der Waals surface area contributed by atoms with E-state index in [9.17, 15) is 14.4 Å². The van der Waals surface area contributed by atoms with Gasteiger partial charge in [-0.05, 0) is 43.1 Å². The number of ketones is 1. The third-order valence-electron chi connectivity index (χ3n) is 6.59. The van der Waals surface area contributed by atoms with Crippen molar-refractivity contribution in [2.75, 3.05) is 11.1 Å². The molecule has 0 bridgehead atoms. The summed E-state index contributed by atoms with van der Waals surface area (Å²) in [5.41, 5.74) is 1.93. The first-order chi connectivity index (χ1) is 16.5. The monoisotopic (exact) mass is 659 g/mol. The Morgan fingerprint density at radius 2 is 2.03 bits per heavy atom. The largest absolute Gasteiger partial charge is 3.00 e. The van der Waals surface area contributed by atoms with Crippen LogP contribution in [0.15, 0.2) is 29.3 Å². The number of nitrogens with zero attached hydrogens (tertiary/aromatic N) is 1. The fourth-order valence-electron chi connectivity index (χ4n) is 4.64. The molecule has 4 atom stereocenters. The van der Waals surface area contributed by atoms with Gasteiger partial charge in [0.05, 0.1) is 6.21 Å². The Hall–Kier alpha value is -0.916. The van der Waals surface area contributed by atoms with Gasteiger partial charge in [-0.1, -0.05) is 50.3 Å². The summed E-state index contributed by atoms with van der Waals surface area (Å²) < 4.78 is 0. The number of aryl methyl sites for hydroxylation is 1. The van der Waals surface area contributed by atoms with E-state index in [-0.39, 0.29) is 54.5 Å². The quantitative estimate of drug-likeness (QED) is 0.171. The Balaban J connectivity index is 0.00000432. The Morgan fingerprint density at radius 3 is 2.74 bits per heavy atom. The standard InChI is InChI=1S/C27H38N3O3S.Lu/c1-3-5-10-23(27(33)29-21-14-12-19(8-4-2)13-15-21)28-17-22(31)9-6-7-11-24-26-20(18-34-24)16-25(32)30-26;/h12-15,17,20,23-24,26H,2-11,16,18H2,1H3,(H,29,33)(H,30,32);/q-1;+3. The molecule has 0 radical (unpaired) electrons. The third kappa shape index (κ3) is 9.81. The maximum Gasteiger partial charge on any atom is 3.00 e. The van der Waals surface area contributed by atoms with Crippen LogP contribution in [0.4, 0.5) is 5.69 Å². The molecule has 1 aromatic rings. The summed E-state index contributed by atoms with van der Waals surface area (Å²) >= 11 is 1.95. The molecule has 2 aliphatic heterocycles. The van der Waals surface area contributed by atoms with Crippen LogP contribution in [0.5, 0.6) is 0 Å². The molecule has 6 nitrogen and oxygen atoms in total. The van der Waals surface area contributed by atoms with Gasteiger partial charge < -0.3 is 17.6 Å². The minimum atomic E-state index is -0.554. The molecule has 3 rings (SSSR count). The van der Waals surface area contributed by atoms with Gasteiger partial charge >= 0.3 is 36.9 Å². The Kier molecular flexibility index (Phi) is 13.9. The SMILES string of the molecule is [CH2-]CCc1ccc(NC(=O)C(CCCC)N=CC(=O)CCCCC2SCC3CC(=O)NC32)cc1.[Lu+3]. The Bertz CT molecular complexity index is 862. The average Bonchev–Trinajstić information content (AvgIpc) is 3.37. The number of benzene rings is 1. The van der Waals surface area contributed by atoms with Crippen molar-refractivity contribution in [2.45, 2.75) is 88.5 Å². The topological polar surface area (TPSA) is 87.6 Å². The van der Waals surface area contributed by atoms with Crippen molar-refractivity contribution in [3.8, 4) is 0 Å². The molecule has 0 aliphatic carbocycles. The number of carbonyl (C=O) groups excluding carboxylic acids is 3. The zero-order valence-corrected chi connectivity index (χ0v) is 23.0. The molecule has 35 heavy (non-hydrogen) atoms. The second kappa shape index (κ2) is 16.0. The second-order valence-electron chi connectivity index (χ2n) is 9.37. The van der Waals surface area contributed by atoms with E-state index >= 15 is 0 Å². The number of hydrogen-bond acceptors (Lipinski definition) is 5. The average molecular weight is 660 g/mol. The van der Waals surface area contributed by atoms with Gasteiger partial charge in [0.25, 0.3) is 0 Å². The summed E-state index contributed by atoms with van der Waals surface area (Å²) in [6.07, 6.45) is 9.47. The second-order valence-corrected chi connectivity index (χ2v) is 10.6. The van der Waals surface area contributed by atoms with Crippen LogP contribution in [0, 0.1) is 49.7 Å². The summed E-state index contributed by atoms with van der Waals surface area (Å²) in [5, 5.41) is 6.52. The van der Waals surface area contributed by atoms with Gasteiger partial charge in [-0.2, -0.15) is 18.2 Å². The van der Waals surface area contributed by atoms with E-state index in [0.717, 1.165) is 56.4 Å². The van der Waals surface area contributed by atoms with Gasteiger partial charge in [-0.15, -0.1) is 0 Å². The molecule has 2 aliphatic rings. The molecule has 2 heterocycles. The number of Topliss-reactive ketones (excluding diaryl/α,β-unsaturated/α-hetero) is 1. The number of amides is 2. The molecule has 4 unspecified atom stereocenters. The number of carbonyl (C=O) groups is 3. The predicted molar refractivity (Wildman–Crippen MR) is 140 cm³/mol. The summed E-state index contributed by atoms with van der Waals surface area (Å²) in [7, 11) is 0. The molecule has 2 amide bonds.